The van der Waals surface area contributed by atoms with Crippen molar-refractivity contribution >= 4 is 23.1 Å². The molecule has 3 heterocycles. The maximum absolute atomic E-state index is 11.7. The standard InChI is InChI=1S/C16H21N7O2/c1-3-21-7-9-22(10-8-21)16-13(23(24)25)15(18-11-19-16)20-14-12(2)5-4-6-17-14/h4-6,11H,3,7-10H2,1-2H3,(H,17,18,19,20). The number of aryl methyl sites for hydroxylation is 1. The van der Waals surface area contributed by atoms with E-state index in [1.807, 2.05) is 24.0 Å². The van der Waals surface area contributed by atoms with Crippen molar-refractivity contribution in [2.45, 2.75) is 13.8 Å². The van der Waals surface area contributed by atoms with Crippen LogP contribution >= 0.6 is 0 Å². The van der Waals surface area contributed by atoms with Gasteiger partial charge in [-0.1, -0.05) is 13.0 Å². The summed E-state index contributed by atoms with van der Waals surface area (Å²) in [7, 11) is 0. The molecule has 1 saturated heterocycles. The number of nitrogens with one attached hydrogen (secondary N) is 1. The predicted octanol–water partition coefficient (Wildman–Crippen LogP) is 1.97. The van der Waals surface area contributed by atoms with Crippen molar-refractivity contribution in [3.8, 4) is 0 Å². The van der Waals surface area contributed by atoms with Crippen LogP contribution in [0.25, 0.3) is 0 Å². The highest BCUT2D eigenvalue weighted by molar-refractivity contribution is 5.74. The van der Waals surface area contributed by atoms with Crippen molar-refractivity contribution in [1.29, 1.82) is 0 Å². The highest BCUT2D eigenvalue weighted by Crippen LogP contribution is 2.34. The average molecular weight is 343 g/mol. The van der Waals surface area contributed by atoms with Gasteiger partial charge in [0.05, 0.1) is 4.92 Å². The lowest BCUT2D eigenvalue weighted by molar-refractivity contribution is -0.383. The molecule has 0 saturated carbocycles. The molecule has 9 heteroatoms. The van der Waals surface area contributed by atoms with Crippen molar-refractivity contribution < 1.29 is 4.92 Å². The molecule has 3 rings (SSSR count). The van der Waals surface area contributed by atoms with E-state index in [0.29, 0.717) is 24.7 Å². The first-order valence-electron chi connectivity index (χ1n) is 8.25. The van der Waals surface area contributed by atoms with Gasteiger partial charge in [-0.05, 0) is 25.1 Å². The van der Waals surface area contributed by atoms with Crippen LogP contribution in [0.4, 0.5) is 23.1 Å². The summed E-state index contributed by atoms with van der Waals surface area (Å²) in [5.41, 5.74) is 0.769. The van der Waals surface area contributed by atoms with Crippen LogP contribution in [0, 0.1) is 17.0 Å². The summed E-state index contributed by atoms with van der Waals surface area (Å²) in [6.07, 6.45) is 2.99. The summed E-state index contributed by atoms with van der Waals surface area (Å²) < 4.78 is 0. The number of aromatic nitrogens is 3. The molecule has 25 heavy (non-hydrogen) atoms. The van der Waals surface area contributed by atoms with Crippen LogP contribution < -0.4 is 10.2 Å². The third kappa shape index (κ3) is 3.66. The minimum atomic E-state index is -0.428. The Morgan fingerprint density at radius 2 is 1.96 bits per heavy atom. The summed E-state index contributed by atoms with van der Waals surface area (Å²) >= 11 is 0. The molecule has 0 aromatic carbocycles. The zero-order valence-electron chi connectivity index (χ0n) is 14.3. The van der Waals surface area contributed by atoms with Gasteiger partial charge in [-0.15, -0.1) is 0 Å². The van der Waals surface area contributed by atoms with E-state index in [1.165, 1.54) is 6.33 Å². The SMILES string of the molecule is CCN1CCN(c2ncnc(Nc3ncccc3C)c2[N+](=O)[O-])CC1. The van der Waals surface area contributed by atoms with Crippen molar-refractivity contribution in [2.75, 3.05) is 42.9 Å². The number of nitrogens with zero attached hydrogens (tertiary/aromatic N) is 6. The minimum absolute atomic E-state index is 0.113. The van der Waals surface area contributed by atoms with Crippen molar-refractivity contribution in [2.24, 2.45) is 0 Å². The third-order valence-corrected chi connectivity index (χ3v) is 4.35. The van der Waals surface area contributed by atoms with Gasteiger partial charge in [0.15, 0.2) is 0 Å². The Balaban J connectivity index is 1.92. The molecule has 1 aliphatic rings. The Labute approximate surface area is 145 Å². The quantitative estimate of drug-likeness (QED) is 0.650. The van der Waals surface area contributed by atoms with E-state index in [-0.39, 0.29) is 11.5 Å². The summed E-state index contributed by atoms with van der Waals surface area (Å²) in [5, 5.41) is 14.7. The molecule has 0 bridgehead atoms. The van der Waals surface area contributed by atoms with Crippen LogP contribution in [-0.2, 0) is 0 Å². The van der Waals surface area contributed by atoms with Crippen LogP contribution in [0.3, 0.4) is 0 Å². The molecule has 1 N–H and O–H groups in total. The van der Waals surface area contributed by atoms with Crippen molar-refractivity contribution in [3.05, 3.63) is 40.3 Å². The van der Waals surface area contributed by atoms with E-state index >= 15 is 0 Å². The first-order valence-corrected chi connectivity index (χ1v) is 8.25. The number of anilines is 3. The molecule has 0 atom stereocenters. The number of likely N-dealkylation sites (N-methyl/N-ethyl adjacent to an activating group) is 1. The summed E-state index contributed by atoms with van der Waals surface area (Å²) in [5.74, 6) is 1.06. The van der Waals surface area contributed by atoms with Crippen LogP contribution in [0.2, 0.25) is 0 Å². The molecule has 0 spiro atoms. The van der Waals surface area contributed by atoms with E-state index in [9.17, 15) is 10.1 Å². The summed E-state index contributed by atoms with van der Waals surface area (Å²) in [4.78, 5) is 28.0. The molecule has 132 valence electrons. The normalized spacial score (nSPS) is 15.2. The first-order chi connectivity index (χ1) is 12.1. The van der Waals surface area contributed by atoms with Crippen LogP contribution in [0.5, 0.6) is 0 Å². The van der Waals surface area contributed by atoms with Gasteiger partial charge in [-0.3, -0.25) is 10.1 Å². The van der Waals surface area contributed by atoms with Crippen molar-refractivity contribution in [3.63, 3.8) is 0 Å². The predicted molar refractivity (Wildman–Crippen MR) is 95.3 cm³/mol. The molecule has 1 fully saturated rings. The van der Waals surface area contributed by atoms with Gasteiger partial charge >= 0.3 is 5.69 Å². The van der Waals surface area contributed by atoms with Gasteiger partial charge in [0, 0.05) is 32.4 Å². The fourth-order valence-corrected chi connectivity index (χ4v) is 2.87. The molecular weight excluding hydrogens is 322 g/mol. The largest absolute Gasteiger partial charge is 0.353 e. The topological polar surface area (TPSA) is 100 Å². The van der Waals surface area contributed by atoms with Gasteiger partial charge < -0.3 is 15.1 Å². The number of piperazine rings is 1. The summed E-state index contributed by atoms with van der Waals surface area (Å²) in [6, 6.07) is 3.70. The molecule has 0 unspecified atom stereocenters. The zero-order chi connectivity index (χ0) is 17.8. The van der Waals surface area contributed by atoms with Gasteiger partial charge in [-0.2, -0.15) is 0 Å². The molecule has 2 aromatic heterocycles. The van der Waals surface area contributed by atoms with E-state index in [0.717, 1.165) is 25.2 Å². The second-order valence-electron chi connectivity index (χ2n) is 5.87. The Morgan fingerprint density at radius 1 is 1.20 bits per heavy atom. The van der Waals surface area contributed by atoms with E-state index in [4.69, 9.17) is 0 Å². The molecule has 0 aliphatic carbocycles. The number of rotatable bonds is 5. The Morgan fingerprint density at radius 3 is 2.60 bits per heavy atom. The second kappa shape index (κ2) is 7.39. The van der Waals surface area contributed by atoms with Crippen LogP contribution in [0.1, 0.15) is 12.5 Å². The number of pyridine rings is 1. The monoisotopic (exact) mass is 343 g/mol. The van der Waals surface area contributed by atoms with Gasteiger partial charge in [0.2, 0.25) is 11.6 Å². The van der Waals surface area contributed by atoms with E-state index in [2.05, 4.69) is 32.1 Å². The average Bonchev–Trinajstić information content (AvgIpc) is 2.63. The van der Waals surface area contributed by atoms with Gasteiger partial charge in [0.1, 0.15) is 12.1 Å². The molecule has 1 aliphatic heterocycles. The molecule has 0 amide bonds. The first kappa shape index (κ1) is 17.0. The Bertz CT molecular complexity index is 760. The Hall–Kier alpha value is -2.81. The lowest BCUT2D eigenvalue weighted by Gasteiger charge is -2.34. The van der Waals surface area contributed by atoms with E-state index in [1.54, 1.807) is 6.20 Å². The number of hydrogen-bond acceptors (Lipinski definition) is 8. The Kier molecular flexibility index (Phi) is 5.03. The fourth-order valence-electron chi connectivity index (χ4n) is 2.87. The molecule has 2 aromatic rings. The molecular formula is C16H21N7O2. The van der Waals surface area contributed by atoms with Crippen molar-refractivity contribution in [1.82, 2.24) is 19.9 Å². The zero-order valence-corrected chi connectivity index (χ0v) is 14.3. The number of nitro groups is 1. The fraction of sp³-hybridized carbons (Fsp3) is 0.438. The molecule has 0 radical (unpaired) electrons. The summed E-state index contributed by atoms with van der Waals surface area (Å²) in [6.45, 7) is 8.10. The second-order valence-corrected chi connectivity index (χ2v) is 5.87. The third-order valence-electron chi connectivity index (χ3n) is 4.35. The lowest BCUT2D eigenvalue weighted by atomic mass is 10.2. The maximum Gasteiger partial charge on any atom is 0.353 e. The van der Waals surface area contributed by atoms with Crippen LogP contribution in [-0.4, -0.2) is 57.5 Å². The number of hydrogen-bond donors (Lipinski definition) is 1. The highest BCUT2D eigenvalue weighted by Gasteiger charge is 2.29. The maximum atomic E-state index is 11.7. The minimum Gasteiger partial charge on any atom is -0.348 e. The highest BCUT2D eigenvalue weighted by atomic mass is 16.6. The van der Waals surface area contributed by atoms with E-state index < -0.39 is 4.92 Å². The lowest BCUT2D eigenvalue weighted by Crippen LogP contribution is -2.46. The smallest absolute Gasteiger partial charge is 0.348 e. The van der Waals surface area contributed by atoms with Gasteiger partial charge in [-0.25, -0.2) is 15.0 Å². The van der Waals surface area contributed by atoms with Gasteiger partial charge in [0.25, 0.3) is 0 Å². The van der Waals surface area contributed by atoms with Crippen LogP contribution in [0.15, 0.2) is 24.7 Å². The molecule has 9 nitrogen and oxygen atoms in total.